The fraction of sp³-hybridized carbons (Fsp3) is 0.562. The second-order valence-electron chi connectivity index (χ2n) is 6.13. The van der Waals surface area contributed by atoms with Gasteiger partial charge in [0.05, 0.1) is 5.92 Å². The topological polar surface area (TPSA) is 55.1 Å². The normalized spacial score (nSPS) is 24.2. The van der Waals surface area contributed by atoms with Crippen LogP contribution >= 0.6 is 12.4 Å². The Morgan fingerprint density at radius 2 is 1.65 bits per heavy atom. The molecule has 3 nitrogen and oxygen atoms in total. The number of carbonyl (C=O) groups is 1. The summed E-state index contributed by atoms with van der Waals surface area (Å²) in [7, 11) is 0. The highest BCUT2D eigenvalue weighted by atomic mass is 35.5. The van der Waals surface area contributed by atoms with Gasteiger partial charge in [0.1, 0.15) is 5.54 Å². The highest BCUT2D eigenvalue weighted by molar-refractivity contribution is 5.87. The van der Waals surface area contributed by atoms with Crippen LogP contribution in [0.5, 0.6) is 0 Å². The molecule has 2 rings (SSSR count). The Morgan fingerprint density at radius 1 is 1.13 bits per heavy atom. The van der Waals surface area contributed by atoms with E-state index in [2.05, 4.69) is 5.32 Å². The number of nitrogens with two attached hydrogens (primary N) is 1. The summed E-state index contributed by atoms with van der Waals surface area (Å²) in [4.78, 5) is 12.4. The molecule has 0 bridgehead atoms. The number of benzene rings is 1. The molecule has 0 aromatic heterocycles. The first kappa shape index (κ1) is 19.8. The van der Waals surface area contributed by atoms with Crippen molar-refractivity contribution in [2.45, 2.75) is 50.4 Å². The van der Waals surface area contributed by atoms with E-state index < -0.39 is 17.6 Å². The van der Waals surface area contributed by atoms with Gasteiger partial charge in [-0.1, -0.05) is 30.3 Å². The van der Waals surface area contributed by atoms with Crippen LogP contribution in [0, 0.1) is 5.92 Å². The number of hydrogen-bond donors (Lipinski definition) is 2. The van der Waals surface area contributed by atoms with Gasteiger partial charge in [-0.15, -0.1) is 12.4 Å². The zero-order valence-corrected chi connectivity index (χ0v) is 13.7. The van der Waals surface area contributed by atoms with Gasteiger partial charge in [-0.25, -0.2) is 0 Å². The van der Waals surface area contributed by atoms with Crippen molar-refractivity contribution in [3.63, 3.8) is 0 Å². The van der Waals surface area contributed by atoms with Gasteiger partial charge in [-0.2, -0.15) is 13.2 Å². The van der Waals surface area contributed by atoms with Crippen molar-refractivity contribution < 1.29 is 18.0 Å². The summed E-state index contributed by atoms with van der Waals surface area (Å²) < 4.78 is 37.9. The number of rotatable bonds is 3. The van der Waals surface area contributed by atoms with Gasteiger partial charge in [0.2, 0.25) is 5.91 Å². The molecule has 1 aliphatic carbocycles. The van der Waals surface area contributed by atoms with Crippen LogP contribution in [-0.4, -0.2) is 18.1 Å². The minimum atomic E-state index is -4.14. The molecule has 1 aromatic rings. The molecule has 0 heterocycles. The second kappa shape index (κ2) is 7.53. The molecule has 0 radical (unpaired) electrons. The largest absolute Gasteiger partial charge is 0.391 e. The van der Waals surface area contributed by atoms with Crippen LogP contribution in [0.4, 0.5) is 13.2 Å². The van der Waals surface area contributed by atoms with E-state index in [1.165, 1.54) is 0 Å². The monoisotopic (exact) mass is 350 g/mol. The Balaban J connectivity index is 0.00000264. The minimum Gasteiger partial charge on any atom is -0.351 e. The van der Waals surface area contributed by atoms with Gasteiger partial charge in [-0.05, 0) is 38.2 Å². The third-order valence-corrected chi connectivity index (χ3v) is 4.37. The van der Waals surface area contributed by atoms with Crippen LogP contribution < -0.4 is 11.1 Å². The molecule has 1 atom stereocenters. The van der Waals surface area contributed by atoms with Crippen LogP contribution in [0.1, 0.15) is 38.2 Å². The average molecular weight is 351 g/mol. The van der Waals surface area contributed by atoms with Crippen molar-refractivity contribution in [1.82, 2.24) is 5.32 Å². The number of alkyl halides is 3. The fourth-order valence-electron chi connectivity index (χ4n) is 2.82. The first-order valence-corrected chi connectivity index (χ1v) is 7.43. The quantitative estimate of drug-likeness (QED) is 0.876. The van der Waals surface area contributed by atoms with E-state index >= 15 is 0 Å². The molecule has 0 spiro atoms. The van der Waals surface area contributed by atoms with Crippen molar-refractivity contribution in [2.75, 3.05) is 0 Å². The lowest BCUT2D eigenvalue weighted by Gasteiger charge is -2.33. The SMILES string of the molecule is CC(N)(C(=O)NC1CCC(C(F)(F)F)CC1)c1ccccc1.Cl. The Kier molecular flexibility index (Phi) is 6.48. The van der Waals surface area contributed by atoms with Gasteiger partial charge in [-0.3, -0.25) is 4.79 Å². The third kappa shape index (κ3) is 4.85. The summed E-state index contributed by atoms with van der Waals surface area (Å²) in [5, 5.41) is 2.80. The number of hydrogen-bond acceptors (Lipinski definition) is 2. The van der Waals surface area contributed by atoms with Crippen LogP contribution in [-0.2, 0) is 10.3 Å². The van der Waals surface area contributed by atoms with E-state index in [-0.39, 0.29) is 37.2 Å². The summed E-state index contributed by atoms with van der Waals surface area (Å²) in [5.41, 5.74) is 5.59. The maximum Gasteiger partial charge on any atom is 0.391 e. The Morgan fingerprint density at radius 3 is 2.13 bits per heavy atom. The first-order chi connectivity index (χ1) is 10.2. The van der Waals surface area contributed by atoms with E-state index in [1.54, 1.807) is 31.2 Å². The van der Waals surface area contributed by atoms with Gasteiger partial charge in [0.25, 0.3) is 0 Å². The lowest BCUT2D eigenvalue weighted by molar-refractivity contribution is -0.182. The summed E-state index contributed by atoms with van der Waals surface area (Å²) >= 11 is 0. The fourth-order valence-corrected chi connectivity index (χ4v) is 2.82. The van der Waals surface area contributed by atoms with Gasteiger partial charge >= 0.3 is 6.18 Å². The van der Waals surface area contributed by atoms with Crippen molar-refractivity contribution in [3.8, 4) is 0 Å². The average Bonchev–Trinajstić information content (AvgIpc) is 2.47. The smallest absolute Gasteiger partial charge is 0.351 e. The summed E-state index contributed by atoms with van der Waals surface area (Å²) in [6.45, 7) is 1.61. The van der Waals surface area contributed by atoms with Crippen LogP contribution in [0.25, 0.3) is 0 Å². The molecule has 1 fully saturated rings. The standard InChI is InChI=1S/C16H21F3N2O.ClH/c1-15(20,11-5-3-2-4-6-11)14(22)21-13-9-7-12(8-10-13)16(17,18)19;/h2-6,12-13H,7-10,20H2,1H3,(H,21,22);1H. The number of amides is 1. The van der Waals surface area contributed by atoms with Gasteiger partial charge < -0.3 is 11.1 Å². The van der Waals surface area contributed by atoms with Gasteiger partial charge in [0, 0.05) is 6.04 Å². The Bertz CT molecular complexity index is 512. The predicted molar refractivity (Wildman–Crippen MR) is 85.2 cm³/mol. The lowest BCUT2D eigenvalue weighted by Crippen LogP contribution is -2.52. The van der Waals surface area contributed by atoms with Gasteiger partial charge in [0.15, 0.2) is 0 Å². The molecular formula is C16H22ClF3N2O. The molecule has 0 aliphatic heterocycles. The van der Waals surface area contributed by atoms with Crippen molar-refractivity contribution >= 4 is 18.3 Å². The van der Waals surface area contributed by atoms with Crippen LogP contribution in [0.2, 0.25) is 0 Å². The van der Waals surface area contributed by atoms with Crippen LogP contribution in [0.15, 0.2) is 30.3 Å². The van der Waals surface area contributed by atoms with Crippen LogP contribution in [0.3, 0.4) is 0 Å². The molecular weight excluding hydrogens is 329 g/mol. The third-order valence-electron chi connectivity index (χ3n) is 4.37. The predicted octanol–water partition coefficient (Wildman–Crippen LogP) is 3.52. The molecule has 0 saturated heterocycles. The number of nitrogens with one attached hydrogen (secondary N) is 1. The second-order valence-corrected chi connectivity index (χ2v) is 6.13. The molecule has 23 heavy (non-hydrogen) atoms. The Labute approximate surface area is 140 Å². The Hall–Kier alpha value is -1.27. The minimum absolute atomic E-state index is 0. The highest BCUT2D eigenvalue weighted by Gasteiger charge is 2.42. The maximum atomic E-state index is 12.6. The highest BCUT2D eigenvalue weighted by Crippen LogP contribution is 2.37. The summed E-state index contributed by atoms with van der Waals surface area (Å²) in [6, 6.07) is 8.71. The van der Waals surface area contributed by atoms with E-state index in [0.717, 1.165) is 0 Å². The maximum absolute atomic E-state index is 12.6. The van der Waals surface area contributed by atoms with E-state index in [0.29, 0.717) is 18.4 Å². The number of halogens is 4. The zero-order chi connectivity index (χ0) is 16.4. The summed E-state index contributed by atoms with van der Waals surface area (Å²) in [5.74, 6) is -1.60. The molecule has 1 aromatic carbocycles. The van der Waals surface area contributed by atoms with Crippen molar-refractivity contribution in [1.29, 1.82) is 0 Å². The molecule has 1 saturated carbocycles. The molecule has 130 valence electrons. The van der Waals surface area contributed by atoms with Crippen molar-refractivity contribution in [3.05, 3.63) is 35.9 Å². The lowest BCUT2D eigenvalue weighted by atomic mass is 9.84. The number of carbonyl (C=O) groups excluding carboxylic acids is 1. The molecule has 1 unspecified atom stereocenters. The first-order valence-electron chi connectivity index (χ1n) is 7.43. The molecule has 1 amide bonds. The molecule has 3 N–H and O–H groups in total. The van der Waals surface area contributed by atoms with E-state index in [1.807, 2.05) is 6.07 Å². The van der Waals surface area contributed by atoms with E-state index in [9.17, 15) is 18.0 Å². The summed E-state index contributed by atoms with van der Waals surface area (Å²) in [6.07, 6.45) is -3.36. The molecule has 7 heteroatoms. The zero-order valence-electron chi connectivity index (χ0n) is 12.9. The van der Waals surface area contributed by atoms with Crippen molar-refractivity contribution in [2.24, 2.45) is 11.7 Å². The molecule has 1 aliphatic rings. The van der Waals surface area contributed by atoms with E-state index in [4.69, 9.17) is 5.73 Å².